The van der Waals surface area contributed by atoms with Crippen LogP contribution in [-0.4, -0.2) is 44.6 Å². The van der Waals surface area contributed by atoms with Gasteiger partial charge in [0, 0.05) is 31.5 Å². The standard InChI is InChI=1S/C17H26N2O3S/c1-3-15(14-8-5-4-6-9-14)16-10-7-13-19(16)17(20)11-12-18-23(2,21)22/h4-6,8-9,15-16,18H,3,7,10-13H2,1-2H3/t15-,16-/m0/s1. The van der Waals surface area contributed by atoms with Crippen molar-refractivity contribution in [3.8, 4) is 0 Å². The molecule has 1 heterocycles. The molecule has 2 atom stereocenters. The van der Waals surface area contributed by atoms with E-state index >= 15 is 0 Å². The molecule has 1 amide bonds. The van der Waals surface area contributed by atoms with Crippen molar-refractivity contribution in [2.24, 2.45) is 0 Å². The Morgan fingerprint density at radius 2 is 2.04 bits per heavy atom. The van der Waals surface area contributed by atoms with Crippen molar-refractivity contribution in [1.29, 1.82) is 0 Å². The predicted molar refractivity (Wildman–Crippen MR) is 91.7 cm³/mol. The van der Waals surface area contributed by atoms with Crippen LogP contribution >= 0.6 is 0 Å². The molecular weight excluding hydrogens is 312 g/mol. The summed E-state index contributed by atoms with van der Waals surface area (Å²) in [4.78, 5) is 14.4. The molecule has 0 spiro atoms. The van der Waals surface area contributed by atoms with Crippen LogP contribution in [0.25, 0.3) is 0 Å². The van der Waals surface area contributed by atoms with Crippen molar-refractivity contribution in [3.05, 3.63) is 35.9 Å². The molecule has 6 heteroatoms. The molecule has 0 bridgehead atoms. The molecule has 0 aliphatic carbocycles. The van der Waals surface area contributed by atoms with Crippen LogP contribution in [0.15, 0.2) is 30.3 Å². The van der Waals surface area contributed by atoms with Crippen molar-refractivity contribution in [2.75, 3.05) is 19.3 Å². The first-order valence-corrected chi connectivity index (χ1v) is 10.1. The second-order valence-corrected chi connectivity index (χ2v) is 7.97. The Kier molecular flexibility index (Phi) is 6.18. The summed E-state index contributed by atoms with van der Waals surface area (Å²) < 4.78 is 24.6. The van der Waals surface area contributed by atoms with Crippen molar-refractivity contribution in [2.45, 2.75) is 44.6 Å². The van der Waals surface area contributed by atoms with Gasteiger partial charge in [-0.15, -0.1) is 0 Å². The van der Waals surface area contributed by atoms with Crippen molar-refractivity contribution >= 4 is 15.9 Å². The molecule has 0 aromatic heterocycles. The first-order valence-electron chi connectivity index (χ1n) is 8.21. The van der Waals surface area contributed by atoms with E-state index in [2.05, 4.69) is 23.8 Å². The van der Waals surface area contributed by atoms with Crippen LogP contribution in [-0.2, 0) is 14.8 Å². The third-order valence-corrected chi connectivity index (χ3v) is 5.18. The predicted octanol–water partition coefficient (Wildman–Crippen LogP) is 2.11. The minimum absolute atomic E-state index is 0.0398. The fourth-order valence-electron chi connectivity index (χ4n) is 3.44. The Labute approximate surface area is 139 Å². The zero-order chi connectivity index (χ0) is 16.9. The zero-order valence-electron chi connectivity index (χ0n) is 13.9. The molecule has 1 aliphatic heterocycles. The first kappa shape index (κ1) is 17.9. The van der Waals surface area contributed by atoms with Crippen molar-refractivity contribution < 1.29 is 13.2 Å². The molecular formula is C17H26N2O3S. The molecule has 1 aromatic rings. The lowest BCUT2D eigenvalue weighted by Crippen LogP contribution is -2.40. The van der Waals surface area contributed by atoms with Gasteiger partial charge in [0.15, 0.2) is 0 Å². The fraction of sp³-hybridized carbons (Fsp3) is 0.588. The summed E-state index contributed by atoms with van der Waals surface area (Å²) in [7, 11) is -3.24. The zero-order valence-corrected chi connectivity index (χ0v) is 14.7. The minimum atomic E-state index is -3.24. The van der Waals surface area contributed by atoms with Gasteiger partial charge in [-0.1, -0.05) is 37.3 Å². The monoisotopic (exact) mass is 338 g/mol. The average Bonchev–Trinajstić information content (AvgIpc) is 2.97. The van der Waals surface area contributed by atoms with Crippen LogP contribution in [0.3, 0.4) is 0 Å². The lowest BCUT2D eigenvalue weighted by Gasteiger charge is -2.31. The van der Waals surface area contributed by atoms with Gasteiger partial charge in [-0.05, 0) is 24.8 Å². The number of carbonyl (C=O) groups excluding carboxylic acids is 1. The van der Waals surface area contributed by atoms with Gasteiger partial charge in [0.2, 0.25) is 15.9 Å². The van der Waals surface area contributed by atoms with Crippen LogP contribution in [0.2, 0.25) is 0 Å². The molecule has 0 radical (unpaired) electrons. The topological polar surface area (TPSA) is 66.5 Å². The Morgan fingerprint density at radius 3 is 2.65 bits per heavy atom. The van der Waals surface area contributed by atoms with E-state index in [1.54, 1.807) is 0 Å². The number of amides is 1. The van der Waals surface area contributed by atoms with E-state index in [4.69, 9.17) is 0 Å². The molecule has 0 unspecified atom stereocenters. The van der Waals surface area contributed by atoms with E-state index < -0.39 is 10.0 Å². The molecule has 1 saturated heterocycles. The van der Waals surface area contributed by atoms with E-state index in [0.29, 0.717) is 5.92 Å². The fourth-order valence-corrected chi connectivity index (χ4v) is 3.91. The highest BCUT2D eigenvalue weighted by atomic mass is 32.2. The molecule has 23 heavy (non-hydrogen) atoms. The summed E-state index contributed by atoms with van der Waals surface area (Å²) in [6.07, 6.45) is 4.34. The molecule has 1 aromatic carbocycles. The van der Waals surface area contributed by atoms with E-state index in [0.717, 1.165) is 32.1 Å². The molecule has 1 N–H and O–H groups in total. The van der Waals surface area contributed by atoms with Crippen LogP contribution in [0.1, 0.15) is 44.1 Å². The smallest absolute Gasteiger partial charge is 0.224 e. The second kappa shape index (κ2) is 7.93. The highest BCUT2D eigenvalue weighted by Crippen LogP contribution is 2.33. The van der Waals surface area contributed by atoms with E-state index in [1.165, 1.54) is 5.56 Å². The Morgan fingerprint density at radius 1 is 1.35 bits per heavy atom. The van der Waals surface area contributed by atoms with E-state index in [9.17, 15) is 13.2 Å². The quantitative estimate of drug-likeness (QED) is 0.828. The number of hydrogen-bond acceptors (Lipinski definition) is 3. The SMILES string of the molecule is CC[C@@H](c1ccccc1)[C@@H]1CCCN1C(=O)CCNS(C)(=O)=O. The van der Waals surface area contributed by atoms with Crippen LogP contribution in [0, 0.1) is 0 Å². The highest BCUT2D eigenvalue weighted by Gasteiger charge is 2.34. The number of hydrogen-bond donors (Lipinski definition) is 1. The van der Waals surface area contributed by atoms with Crippen LogP contribution < -0.4 is 4.72 Å². The molecule has 1 fully saturated rings. The number of nitrogens with one attached hydrogen (secondary N) is 1. The minimum Gasteiger partial charge on any atom is -0.339 e. The Balaban J connectivity index is 2.02. The largest absolute Gasteiger partial charge is 0.339 e. The molecule has 0 saturated carbocycles. The molecule has 2 rings (SSSR count). The summed E-state index contributed by atoms with van der Waals surface area (Å²) >= 11 is 0. The summed E-state index contributed by atoms with van der Waals surface area (Å²) in [6, 6.07) is 10.5. The summed E-state index contributed by atoms with van der Waals surface area (Å²) in [5.74, 6) is 0.378. The van der Waals surface area contributed by atoms with Gasteiger partial charge in [0.1, 0.15) is 0 Å². The number of nitrogens with zero attached hydrogens (tertiary/aromatic N) is 1. The maximum absolute atomic E-state index is 12.5. The number of likely N-dealkylation sites (tertiary alicyclic amines) is 1. The second-order valence-electron chi connectivity index (χ2n) is 6.14. The molecule has 5 nitrogen and oxygen atoms in total. The van der Waals surface area contributed by atoms with Crippen LogP contribution in [0.4, 0.5) is 0 Å². The van der Waals surface area contributed by atoms with Gasteiger partial charge in [-0.2, -0.15) is 0 Å². The molecule has 1 aliphatic rings. The van der Waals surface area contributed by atoms with Gasteiger partial charge < -0.3 is 4.90 Å². The average molecular weight is 338 g/mol. The Hall–Kier alpha value is -1.40. The van der Waals surface area contributed by atoms with Crippen LogP contribution in [0.5, 0.6) is 0 Å². The first-order chi connectivity index (χ1) is 10.9. The maximum atomic E-state index is 12.5. The summed E-state index contributed by atoms with van der Waals surface area (Å²) in [5.41, 5.74) is 1.27. The van der Waals surface area contributed by atoms with Gasteiger partial charge in [-0.3, -0.25) is 4.79 Å². The lowest BCUT2D eigenvalue weighted by atomic mass is 9.87. The normalized spacial score (nSPS) is 19.7. The van der Waals surface area contributed by atoms with Gasteiger partial charge in [0.05, 0.1) is 6.26 Å². The number of benzene rings is 1. The van der Waals surface area contributed by atoms with Crippen molar-refractivity contribution in [1.82, 2.24) is 9.62 Å². The lowest BCUT2D eigenvalue weighted by molar-refractivity contribution is -0.132. The molecule has 128 valence electrons. The number of rotatable bonds is 7. The summed E-state index contributed by atoms with van der Waals surface area (Å²) in [5, 5.41) is 0. The Bertz CT molecular complexity index is 616. The third-order valence-electron chi connectivity index (χ3n) is 4.45. The maximum Gasteiger partial charge on any atom is 0.224 e. The highest BCUT2D eigenvalue weighted by molar-refractivity contribution is 7.88. The van der Waals surface area contributed by atoms with Crippen molar-refractivity contribution in [3.63, 3.8) is 0 Å². The van der Waals surface area contributed by atoms with Gasteiger partial charge >= 0.3 is 0 Å². The van der Waals surface area contributed by atoms with E-state index in [1.807, 2.05) is 23.1 Å². The van der Waals surface area contributed by atoms with Gasteiger partial charge in [-0.25, -0.2) is 13.1 Å². The summed E-state index contributed by atoms with van der Waals surface area (Å²) in [6.45, 7) is 3.10. The number of carbonyl (C=O) groups is 1. The third kappa shape index (κ3) is 5.04. The van der Waals surface area contributed by atoms with Gasteiger partial charge in [0.25, 0.3) is 0 Å². The van der Waals surface area contributed by atoms with E-state index in [-0.39, 0.29) is 24.9 Å². The number of sulfonamides is 1.